The summed E-state index contributed by atoms with van der Waals surface area (Å²) in [5.74, 6) is -2.66. The summed E-state index contributed by atoms with van der Waals surface area (Å²) in [7, 11) is 1.69. The van der Waals surface area contributed by atoms with Crippen LogP contribution >= 0.6 is 0 Å². The van der Waals surface area contributed by atoms with Crippen LogP contribution in [0.4, 0.5) is 17.6 Å². The van der Waals surface area contributed by atoms with Crippen molar-refractivity contribution in [3.63, 3.8) is 0 Å². The van der Waals surface area contributed by atoms with Crippen molar-refractivity contribution in [2.75, 3.05) is 14.2 Å². The lowest BCUT2D eigenvalue weighted by molar-refractivity contribution is -0.000782. The highest BCUT2D eigenvalue weighted by molar-refractivity contribution is 4.91. The molecule has 13 heavy (non-hydrogen) atoms. The zero-order valence-corrected chi connectivity index (χ0v) is 6.74. The molecule has 0 aliphatic carbocycles. The number of hydrogen-bond donors (Lipinski definition) is 0. The minimum Gasteiger partial charge on any atom is -0.465 e. The van der Waals surface area contributed by atoms with Gasteiger partial charge in [0.2, 0.25) is 0 Å². The van der Waals surface area contributed by atoms with Crippen molar-refractivity contribution in [1.82, 2.24) is 0 Å². The molecule has 0 spiro atoms. The molecule has 0 aromatic carbocycles. The topological polar surface area (TPSA) is 27.7 Å². The molecule has 0 rings (SSSR count). The van der Waals surface area contributed by atoms with Crippen LogP contribution in [0.15, 0.2) is 24.1 Å². The fourth-order valence-corrected chi connectivity index (χ4v) is 0.399. The first-order valence-corrected chi connectivity index (χ1v) is 2.89. The predicted octanol–water partition coefficient (Wildman–Crippen LogP) is 2.43. The van der Waals surface area contributed by atoms with E-state index in [1.807, 2.05) is 0 Å². The van der Waals surface area contributed by atoms with E-state index in [4.69, 9.17) is 0 Å². The zero-order valence-electron chi connectivity index (χ0n) is 6.74. The molecule has 0 saturated carbocycles. The lowest BCUT2D eigenvalue weighted by atomic mass is 10.8. The lowest BCUT2D eigenvalue weighted by Crippen LogP contribution is -1.99. The van der Waals surface area contributed by atoms with Gasteiger partial charge in [0.15, 0.2) is 0 Å². The second-order valence-corrected chi connectivity index (χ2v) is 1.61. The molecule has 0 atom stereocenters. The van der Waals surface area contributed by atoms with Gasteiger partial charge in [-0.2, -0.15) is 17.6 Å². The SMILES string of the molecule is COC(OC(OC)=C(F)F)=C(F)F. The first-order chi connectivity index (χ1) is 6.02. The molecule has 3 nitrogen and oxygen atoms in total. The highest BCUT2D eigenvalue weighted by atomic mass is 19.3. The van der Waals surface area contributed by atoms with E-state index in [-0.39, 0.29) is 0 Å². The Hall–Kier alpha value is -1.40. The van der Waals surface area contributed by atoms with Gasteiger partial charge >= 0.3 is 24.1 Å². The van der Waals surface area contributed by atoms with Gasteiger partial charge in [-0.25, -0.2) is 0 Å². The molecule has 0 unspecified atom stereocenters. The average molecular weight is 202 g/mol. The van der Waals surface area contributed by atoms with Crippen LogP contribution < -0.4 is 0 Å². The fraction of sp³-hybridized carbons (Fsp3) is 0.333. The Labute approximate surface area is 71.2 Å². The van der Waals surface area contributed by atoms with Crippen molar-refractivity contribution >= 4 is 0 Å². The van der Waals surface area contributed by atoms with Crippen LogP contribution in [0.1, 0.15) is 0 Å². The first kappa shape index (κ1) is 11.6. The quantitative estimate of drug-likeness (QED) is 0.517. The van der Waals surface area contributed by atoms with E-state index in [0.717, 1.165) is 14.2 Å². The molecule has 0 radical (unpaired) electrons. The smallest absolute Gasteiger partial charge is 0.355 e. The van der Waals surface area contributed by atoms with Gasteiger partial charge in [0.25, 0.3) is 0 Å². The van der Waals surface area contributed by atoms with E-state index in [9.17, 15) is 17.6 Å². The Morgan fingerprint density at radius 1 is 0.769 bits per heavy atom. The van der Waals surface area contributed by atoms with E-state index in [1.54, 1.807) is 0 Å². The molecule has 76 valence electrons. The van der Waals surface area contributed by atoms with E-state index < -0.39 is 24.1 Å². The Balaban J connectivity index is 4.59. The van der Waals surface area contributed by atoms with Crippen LogP contribution in [0, 0.1) is 0 Å². The Bertz CT molecular complexity index is 204. The molecular formula is C6H6F4O3. The molecule has 0 saturated heterocycles. The normalized spacial score (nSPS) is 8.77. The van der Waals surface area contributed by atoms with Gasteiger partial charge in [-0.3, -0.25) is 0 Å². The monoisotopic (exact) mass is 202 g/mol. The maximum absolute atomic E-state index is 11.8. The number of ether oxygens (including phenoxy) is 3. The van der Waals surface area contributed by atoms with Crippen LogP contribution in [0.3, 0.4) is 0 Å². The molecule has 0 bridgehead atoms. The average Bonchev–Trinajstić information content (AvgIpc) is 2.05. The molecule has 0 aromatic heterocycles. The molecule has 0 heterocycles. The van der Waals surface area contributed by atoms with Crippen LogP contribution in [0.2, 0.25) is 0 Å². The molecule has 7 heteroatoms. The van der Waals surface area contributed by atoms with Gasteiger partial charge in [-0.15, -0.1) is 0 Å². The summed E-state index contributed by atoms with van der Waals surface area (Å²) in [6.07, 6.45) is -4.73. The van der Waals surface area contributed by atoms with Gasteiger partial charge < -0.3 is 14.2 Å². The number of hydrogen-bond acceptors (Lipinski definition) is 3. The minimum absolute atomic E-state index is 0.845. The minimum atomic E-state index is -2.36. The summed E-state index contributed by atoms with van der Waals surface area (Å²) >= 11 is 0. The predicted molar refractivity (Wildman–Crippen MR) is 33.6 cm³/mol. The van der Waals surface area contributed by atoms with Gasteiger partial charge in [0.05, 0.1) is 14.2 Å². The van der Waals surface area contributed by atoms with Crippen LogP contribution in [-0.4, -0.2) is 14.2 Å². The molecule has 0 aliphatic rings. The van der Waals surface area contributed by atoms with E-state index in [2.05, 4.69) is 14.2 Å². The molecule has 0 fully saturated rings. The summed E-state index contributed by atoms with van der Waals surface area (Å²) in [5.41, 5.74) is 0. The van der Waals surface area contributed by atoms with Crippen molar-refractivity contribution in [1.29, 1.82) is 0 Å². The number of rotatable bonds is 4. The Morgan fingerprint density at radius 2 is 1.08 bits per heavy atom. The summed E-state index contributed by atoms with van der Waals surface area (Å²) < 4.78 is 58.9. The van der Waals surface area contributed by atoms with Crippen molar-refractivity contribution < 1.29 is 31.8 Å². The van der Waals surface area contributed by atoms with Gasteiger partial charge in [0.1, 0.15) is 0 Å². The van der Waals surface area contributed by atoms with Gasteiger partial charge in [0, 0.05) is 0 Å². The third kappa shape index (κ3) is 3.68. The standard InChI is InChI=1S/C6H6F4O3/c1-11-5(3(7)8)13-6(12-2)4(9)10/h1-2H3. The summed E-state index contributed by atoms with van der Waals surface area (Å²) in [6, 6.07) is 0. The highest BCUT2D eigenvalue weighted by Crippen LogP contribution is 2.18. The lowest BCUT2D eigenvalue weighted by Gasteiger charge is -2.07. The second-order valence-electron chi connectivity index (χ2n) is 1.61. The third-order valence-electron chi connectivity index (χ3n) is 0.865. The molecular weight excluding hydrogens is 196 g/mol. The Kier molecular flexibility index (Phi) is 4.71. The first-order valence-electron chi connectivity index (χ1n) is 2.89. The maximum Gasteiger partial charge on any atom is 0.355 e. The largest absolute Gasteiger partial charge is 0.465 e. The molecule has 0 amide bonds. The zero-order chi connectivity index (χ0) is 10.4. The molecule has 0 N–H and O–H groups in total. The van der Waals surface area contributed by atoms with Crippen LogP contribution in [0.5, 0.6) is 0 Å². The number of methoxy groups -OCH3 is 2. The molecule has 0 aliphatic heterocycles. The van der Waals surface area contributed by atoms with Crippen molar-refractivity contribution in [3.8, 4) is 0 Å². The van der Waals surface area contributed by atoms with E-state index >= 15 is 0 Å². The Morgan fingerprint density at radius 3 is 1.23 bits per heavy atom. The van der Waals surface area contributed by atoms with Gasteiger partial charge in [-0.1, -0.05) is 0 Å². The van der Waals surface area contributed by atoms with Crippen molar-refractivity contribution in [3.05, 3.63) is 24.1 Å². The number of halogens is 4. The summed E-state index contributed by atoms with van der Waals surface area (Å²) in [6.45, 7) is 0. The van der Waals surface area contributed by atoms with Crippen LogP contribution in [0.25, 0.3) is 0 Å². The maximum atomic E-state index is 11.8. The summed E-state index contributed by atoms with van der Waals surface area (Å²) in [5, 5.41) is 0. The van der Waals surface area contributed by atoms with E-state index in [0.29, 0.717) is 0 Å². The van der Waals surface area contributed by atoms with Crippen LogP contribution in [-0.2, 0) is 14.2 Å². The van der Waals surface area contributed by atoms with Crippen molar-refractivity contribution in [2.45, 2.75) is 0 Å². The van der Waals surface area contributed by atoms with Crippen molar-refractivity contribution in [2.24, 2.45) is 0 Å². The summed E-state index contributed by atoms with van der Waals surface area (Å²) in [4.78, 5) is 0. The highest BCUT2D eigenvalue weighted by Gasteiger charge is 2.16. The second kappa shape index (κ2) is 5.28. The molecule has 0 aromatic rings. The fourth-order valence-electron chi connectivity index (χ4n) is 0.399. The van der Waals surface area contributed by atoms with E-state index in [1.165, 1.54) is 0 Å². The third-order valence-corrected chi connectivity index (χ3v) is 0.865. The van der Waals surface area contributed by atoms with Gasteiger partial charge in [-0.05, 0) is 0 Å².